The number of carbonyl (C=O) groups is 1. The Labute approximate surface area is 101 Å². The molecule has 4 nitrogen and oxygen atoms in total. The van der Waals surface area contributed by atoms with Crippen LogP contribution in [-0.4, -0.2) is 35.1 Å². The van der Waals surface area contributed by atoms with Gasteiger partial charge in [0.2, 0.25) is 0 Å². The molecule has 0 amide bonds. The molecule has 0 aromatic carbocycles. The van der Waals surface area contributed by atoms with Gasteiger partial charge in [0.05, 0.1) is 12.6 Å². The SMILES string of the molecule is CCOC(=O)C(C)NC1=NC(C)CC(C)S1. The van der Waals surface area contributed by atoms with Gasteiger partial charge >= 0.3 is 5.97 Å². The van der Waals surface area contributed by atoms with Gasteiger partial charge in [0.25, 0.3) is 0 Å². The smallest absolute Gasteiger partial charge is 0.328 e. The van der Waals surface area contributed by atoms with Crippen molar-refractivity contribution < 1.29 is 9.53 Å². The first-order valence-electron chi connectivity index (χ1n) is 5.70. The van der Waals surface area contributed by atoms with Crippen LogP contribution in [-0.2, 0) is 9.53 Å². The third kappa shape index (κ3) is 4.04. The second kappa shape index (κ2) is 6.13. The Morgan fingerprint density at radius 2 is 2.38 bits per heavy atom. The maximum absolute atomic E-state index is 11.4. The number of nitrogens with zero attached hydrogens (tertiary/aromatic N) is 1. The number of carbonyl (C=O) groups excluding carboxylic acids is 1. The Hall–Kier alpha value is -0.710. The molecule has 1 N–H and O–H groups in total. The summed E-state index contributed by atoms with van der Waals surface area (Å²) in [5.74, 6) is -0.225. The summed E-state index contributed by atoms with van der Waals surface area (Å²) >= 11 is 1.69. The average molecular weight is 244 g/mol. The third-order valence-electron chi connectivity index (χ3n) is 2.30. The molecular formula is C11H20N2O2S. The number of rotatable bonds is 3. The second-order valence-electron chi connectivity index (χ2n) is 4.07. The Kier molecular flexibility index (Phi) is 5.12. The molecule has 3 unspecified atom stereocenters. The van der Waals surface area contributed by atoms with E-state index in [4.69, 9.17) is 4.74 Å². The van der Waals surface area contributed by atoms with Crippen LogP contribution in [0.25, 0.3) is 0 Å². The van der Waals surface area contributed by atoms with E-state index in [0.717, 1.165) is 11.6 Å². The average Bonchev–Trinajstić information content (AvgIpc) is 2.16. The summed E-state index contributed by atoms with van der Waals surface area (Å²) in [6, 6.07) is -0.00292. The molecule has 0 saturated heterocycles. The van der Waals surface area contributed by atoms with Crippen molar-refractivity contribution in [2.45, 2.75) is 51.4 Å². The Balaban J connectivity index is 2.50. The van der Waals surface area contributed by atoms with Gasteiger partial charge in [-0.05, 0) is 27.2 Å². The Morgan fingerprint density at radius 3 is 2.94 bits per heavy atom. The number of thioether (sulfide) groups is 1. The van der Waals surface area contributed by atoms with Crippen molar-refractivity contribution in [3.63, 3.8) is 0 Å². The zero-order valence-corrected chi connectivity index (χ0v) is 11.1. The van der Waals surface area contributed by atoms with Crippen molar-refractivity contribution in [1.82, 2.24) is 5.32 Å². The van der Waals surface area contributed by atoms with Crippen molar-refractivity contribution in [3.05, 3.63) is 0 Å². The molecule has 92 valence electrons. The molecule has 1 aliphatic rings. The van der Waals surface area contributed by atoms with Gasteiger partial charge in [-0.1, -0.05) is 18.7 Å². The highest BCUT2D eigenvalue weighted by Crippen LogP contribution is 2.24. The lowest BCUT2D eigenvalue weighted by atomic mass is 10.2. The molecule has 0 aliphatic carbocycles. The molecule has 0 fully saturated rings. The molecule has 16 heavy (non-hydrogen) atoms. The van der Waals surface area contributed by atoms with Crippen molar-refractivity contribution >= 4 is 22.9 Å². The van der Waals surface area contributed by atoms with Gasteiger partial charge in [-0.3, -0.25) is 4.99 Å². The minimum Gasteiger partial charge on any atom is -0.464 e. The number of ether oxygens (including phenoxy) is 1. The van der Waals surface area contributed by atoms with Crippen LogP contribution in [0.3, 0.4) is 0 Å². The summed E-state index contributed by atoms with van der Waals surface area (Å²) < 4.78 is 4.93. The van der Waals surface area contributed by atoms with Crippen LogP contribution in [0.2, 0.25) is 0 Å². The lowest BCUT2D eigenvalue weighted by Crippen LogP contribution is -2.40. The lowest BCUT2D eigenvalue weighted by molar-refractivity contribution is -0.144. The number of esters is 1. The molecule has 0 bridgehead atoms. The standard InChI is InChI=1S/C11H20N2O2S/c1-5-15-10(14)9(4)13-11-12-7(2)6-8(3)16-11/h7-9H,5-6H2,1-4H3,(H,12,13). The molecular weight excluding hydrogens is 224 g/mol. The van der Waals surface area contributed by atoms with Gasteiger partial charge in [0.15, 0.2) is 5.17 Å². The minimum atomic E-state index is -0.330. The van der Waals surface area contributed by atoms with E-state index in [0.29, 0.717) is 17.9 Å². The minimum absolute atomic E-state index is 0.225. The zero-order chi connectivity index (χ0) is 12.1. The van der Waals surface area contributed by atoms with Gasteiger partial charge in [-0.25, -0.2) is 4.79 Å². The quantitative estimate of drug-likeness (QED) is 0.769. The van der Waals surface area contributed by atoms with Gasteiger partial charge in [-0.2, -0.15) is 0 Å². The van der Waals surface area contributed by atoms with E-state index >= 15 is 0 Å². The number of hydrogen-bond acceptors (Lipinski definition) is 5. The van der Waals surface area contributed by atoms with Crippen LogP contribution in [0.5, 0.6) is 0 Å². The lowest BCUT2D eigenvalue weighted by Gasteiger charge is -2.24. The predicted molar refractivity (Wildman–Crippen MR) is 67.8 cm³/mol. The zero-order valence-electron chi connectivity index (χ0n) is 10.3. The highest BCUT2D eigenvalue weighted by Gasteiger charge is 2.22. The van der Waals surface area contributed by atoms with E-state index in [9.17, 15) is 4.79 Å². The molecule has 0 aromatic heterocycles. The van der Waals surface area contributed by atoms with Crippen molar-refractivity contribution in [1.29, 1.82) is 0 Å². The summed E-state index contributed by atoms with van der Waals surface area (Å²) in [5.41, 5.74) is 0. The molecule has 0 spiro atoms. The van der Waals surface area contributed by atoms with Gasteiger partial charge in [0, 0.05) is 5.25 Å². The molecule has 0 aromatic rings. The van der Waals surface area contributed by atoms with E-state index in [1.807, 2.05) is 6.92 Å². The van der Waals surface area contributed by atoms with Crippen LogP contribution >= 0.6 is 11.8 Å². The molecule has 1 heterocycles. The highest BCUT2D eigenvalue weighted by molar-refractivity contribution is 8.14. The summed E-state index contributed by atoms with van der Waals surface area (Å²) in [7, 11) is 0. The number of amidine groups is 1. The molecule has 5 heteroatoms. The number of nitrogens with one attached hydrogen (secondary N) is 1. The Morgan fingerprint density at radius 1 is 1.69 bits per heavy atom. The molecule has 3 atom stereocenters. The number of hydrogen-bond donors (Lipinski definition) is 1. The van der Waals surface area contributed by atoms with Crippen molar-refractivity contribution in [3.8, 4) is 0 Å². The first-order valence-corrected chi connectivity index (χ1v) is 6.58. The predicted octanol–water partition coefficient (Wildman–Crippen LogP) is 1.80. The fourth-order valence-corrected chi connectivity index (χ4v) is 2.83. The van der Waals surface area contributed by atoms with Crippen LogP contribution in [0.4, 0.5) is 0 Å². The van der Waals surface area contributed by atoms with E-state index < -0.39 is 0 Å². The number of aliphatic imine (C=N–C) groups is 1. The third-order valence-corrected chi connectivity index (χ3v) is 3.34. The van der Waals surface area contributed by atoms with E-state index in [1.54, 1.807) is 18.7 Å². The maximum atomic E-state index is 11.4. The topological polar surface area (TPSA) is 50.7 Å². The summed E-state index contributed by atoms with van der Waals surface area (Å²) in [4.78, 5) is 15.9. The van der Waals surface area contributed by atoms with Crippen molar-refractivity contribution in [2.24, 2.45) is 4.99 Å². The molecule has 1 aliphatic heterocycles. The highest BCUT2D eigenvalue weighted by atomic mass is 32.2. The Bertz CT molecular complexity index is 281. The maximum Gasteiger partial charge on any atom is 0.328 e. The molecule has 0 radical (unpaired) electrons. The van der Waals surface area contributed by atoms with E-state index in [-0.39, 0.29) is 12.0 Å². The second-order valence-corrected chi connectivity index (χ2v) is 5.49. The van der Waals surface area contributed by atoms with Gasteiger partial charge in [0.1, 0.15) is 6.04 Å². The van der Waals surface area contributed by atoms with Gasteiger partial charge in [-0.15, -0.1) is 0 Å². The first-order chi connectivity index (χ1) is 7.52. The summed E-state index contributed by atoms with van der Waals surface area (Å²) in [6.45, 7) is 8.28. The largest absolute Gasteiger partial charge is 0.464 e. The van der Waals surface area contributed by atoms with Gasteiger partial charge < -0.3 is 10.1 Å². The van der Waals surface area contributed by atoms with Crippen molar-refractivity contribution in [2.75, 3.05) is 6.61 Å². The summed E-state index contributed by atoms with van der Waals surface area (Å²) in [5, 5.41) is 4.50. The molecule has 1 rings (SSSR count). The van der Waals surface area contributed by atoms with Crippen LogP contribution in [0.1, 0.15) is 34.1 Å². The summed E-state index contributed by atoms with van der Waals surface area (Å²) in [6.07, 6.45) is 1.09. The first kappa shape index (κ1) is 13.4. The van der Waals surface area contributed by atoms with Crippen LogP contribution in [0.15, 0.2) is 4.99 Å². The fraction of sp³-hybridized carbons (Fsp3) is 0.818. The van der Waals surface area contributed by atoms with Crippen LogP contribution < -0.4 is 5.32 Å². The fourth-order valence-electron chi connectivity index (χ4n) is 1.59. The molecule has 0 saturated carbocycles. The normalized spacial score (nSPS) is 26.9. The van der Waals surface area contributed by atoms with E-state index in [2.05, 4.69) is 24.2 Å². The van der Waals surface area contributed by atoms with Crippen LogP contribution in [0, 0.1) is 0 Å². The van der Waals surface area contributed by atoms with E-state index in [1.165, 1.54) is 0 Å². The monoisotopic (exact) mass is 244 g/mol.